The van der Waals surface area contributed by atoms with E-state index in [0.29, 0.717) is 138 Å². The fraction of sp³-hybridized carbons (Fsp3) is 0.183. The number of pyridine rings is 1. The van der Waals surface area contributed by atoms with E-state index in [2.05, 4.69) is 129 Å². The lowest BCUT2D eigenvalue weighted by molar-refractivity contribution is 0.0342. The molecular weight excluding hydrogens is 1730 g/mol. The van der Waals surface area contributed by atoms with Gasteiger partial charge in [0.1, 0.15) is 56.6 Å². The van der Waals surface area contributed by atoms with Crippen LogP contribution in [-0.2, 0) is 36.1 Å². The van der Waals surface area contributed by atoms with Gasteiger partial charge in [0, 0.05) is 68.7 Å². The maximum absolute atomic E-state index is 13.8. The van der Waals surface area contributed by atoms with E-state index in [9.17, 15) is 44.8 Å². The summed E-state index contributed by atoms with van der Waals surface area (Å²) in [5.41, 5.74) is 10.0. The number of nitrogens with two attached hydrogens (primary N) is 1. The van der Waals surface area contributed by atoms with E-state index in [0.717, 1.165) is 62.1 Å². The van der Waals surface area contributed by atoms with Gasteiger partial charge in [-0.1, -0.05) is 41.9 Å². The first-order valence-electron chi connectivity index (χ1n) is 38.5. The first kappa shape index (κ1) is 87.6. The molecule has 128 heavy (non-hydrogen) atoms. The number of carbonyl (C=O) groups excluding carboxylic acids is 4. The number of anilines is 5. The number of hydrogen-bond acceptors (Lipinski definition) is 26. The van der Waals surface area contributed by atoms with E-state index in [4.69, 9.17) is 54.6 Å². The molecule has 0 aliphatic carbocycles. The lowest BCUT2D eigenvalue weighted by Crippen LogP contribution is -2.40. The number of aromatic amines is 8. The van der Waals surface area contributed by atoms with Crippen LogP contribution in [0, 0.1) is 11.6 Å². The number of aromatic nitrogens is 17. The molecule has 0 spiro atoms. The molecule has 41 nitrogen and oxygen atoms in total. The Kier molecular flexibility index (Phi) is 26.3. The molecule has 0 radical (unpaired) electrons. The van der Waals surface area contributed by atoms with Gasteiger partial charge in [0.05, 0.1) is 188 Å². The molecule has 0 unspecified atom stereocenters. The molecule has 660 valence electrons. The zero-order valence-corrected chi connectivity index (χ0v) is 70.8. The molecule has 5 amide bonds. The number of hydrogen-bond donors (Lipinski definition) is 14. The third kappa shape index (κ3) is 19.6. The summed E-state index contributed by atoms with van der Waals surface area (Å²) in [4.78, 5) is 87.8. The summed E-state index contributed by atoms with van der Waals surface area (Å²) in [6.07, 6.45) is 7.22. The number of rotatable bonds is 23. The van der Waals surface area contributed by atoms with Crippen molar-refractivity contribution in [2.24, 2.45) is 5.14 Å². The summed E-state index contributed by atoms with van der Waals surface area (Å²) in [6, 6.07) is 34.8. The molecule has 2 saturated heterocycles. The molecule has 0 bridgehead atoms. The average molecular weight is 1810 g/mol. The first-order valence-corrected chi connectivity index (χ1v) is 41.9. The van der Waals surface area contributed by atoms with Crippen molar-refractivity contribution in [1.82, 2.24) is 94.9 Å². The van der Waals surface area contributed by atoms with E-state index >= 15 is 0 Å². The highest BCUT2D eigenvalue weighted by Gasteiger charge is 2.31. The van der Waals surface area contributed by atoms with Crippen LogP contribution in [0.1, 0.15) is 36.6 Å². The SMILES string of the molecule is COc1cc2nc(-c3[nH]ncc3NC(=O)c3cc(S(=O)(=O)N4CCOCC4)ccc3OC)[nH]c2cc1OC.COc1cc2nc(-c3[nH]ncc3NC(=O)c3cc(S(N)(=O)=O)ccc3OC)[nH]c2cc1OC.O=C(Nc1ccccc1)Nc1cn[nH]c1-c1nc2ccc(CN3CCOCC3)cc2[nH]1.O=C(Nc1cn[nH]c1-c1nc2cc(Cl)ncc2[nH]1)c1c(F)cccc1F. The highest BCUT2D eigenvalue weighted by atomic mass is 35.5. The molecule has 2 aliphatic heterocycles. The normalized spacial score (nSPS) is 13.0. The number of para-hydroxylation sites is 1. The molecule has 0 atom stereocenters. The van der Waals surface area contributed by atoms with E-state index in [1.807, 2.05) is 36.4 Å². The summed E-state index contributed by atoms with van der Waals surface area (Å²) in [7, 11) is 1.07. The number of H-pyrrole nitrogens is 8. The Labute approximate surface area is 729 Å². The lowest BCUT2D eigenvalue weighted by Gasteiger charge is -2.26. The number of primary sulfonamides is 1. The van der Waals surface area contributed by atoms with Gasteiger partial charge in [-0.15, -0.1) is 0 Å². The van der Waals surface area contributed by atoms with Crippen molar-refractivity contribution in [3.8, 4) is 80.6 Å². The number of methoxy groups -OCH3 is 6. The number of fused-ring (bicyclic) bond motifs is 4. The average Bonchev–Trinajstić information content (AvgIpc) is 0.902. The van der Waals surface area contributed by atoms with Crippen molar-refractivity contribution in [1.29, 1.82) is 0 Å². The van der Waals surface area contributed by atoms with E-state index in [-0.39, 0.29) is 62.4 Å². The van der Waals surface area contributed by atoms with Crippen LogP contribution in [0.3, 0.4) is 0 Å². The monoisotopic (exact) mass is 1810 g/mol. The molecule has 18 rings (SSSR count). The van der Waals surface area contributed by atoms with Crippen molar-refractivity contribution >= 4 is 128 Å². The van der Waals surface area contributed by atoms with Crippen LogP contribution < -0.4 is 60.1 Å². The zero-order valence-electron chi connectivity index (χ0n) is 68.4. The Morgan fingerprint density at radius 2 is 0.867 bits per heavy atom. The van der Waals surface area contributed by atoms with Crippen molar-refractivity contribution in [3.05, 3.63) is 203 Å². The maximum Gasteiger partial charge on any atom is 0.323 e. The molecule has 9 aromatic heterocycles. The molecule has 0 saturated carbocycles. The van der Waals surface area contributed by atoms with Gasteiger partial charge < -0.3 is 84.4 Å². The fourth-order valence-electron chi connectivity index (χ4n) is 13.5. The van der Waals surface area contributed by atoms with E-state index < -0.39 is 55.0 Å². The van der Waals surface area contributed by atoms with Crippen LogP contribution in [0.15, 0.2) is 174 Å². The Hall–Kier alpha value is -15.3. The minimum Gasteiger partial charge on any atom is -0.496 e. The molecule has 16 aromatic rings. The Morgan fingerprint density at radius 1 is 0.445 bits per heavy atom. The first-order chi connectivity index (χ1) is 61.9. The second-order valence-corrected chi connectivity index (χ2v) is 31.8. The number of imidazole rings is 4. The second kappa shape index (κ2) is 38.5. The molecule has 2 aliphatic rings. The number of ether oxygens (including phenoxy) is 8. The number of urea groups is 1. The largest absolute Gasteiger partial charge is 0.496 e. The van der Waals surface area contributed by atoms with Crippen LogP contribution in [0.4, 0.5) is 42.0 Å². The van der Waals surface area contributed by atoms with Gasteiger partial charge in [0.2, 0.25) is 20.0 Å². The summed E-state index contributed by atoms with van der Waals surface area (Å²) in [6.45, 7) is 5.44. The number of nitrogens with zero attached hydrogens (tertiary/aromatic N) is 11. The maximum atomic E-state index is 13.8. The van der Waals surface area contributed by atoms with Gasteiger partial charge in [-0.2, -0.15) is 24.7 Å². The molecule has 15 N–H and O–H groups in total. The molecule has 11 heterocycles. The molecule has 46 heteroatoms. The van der Waals surface area contributed by atoms with Gasteiger partial charge in [0.25, 0.3) is 17.7 Å². The van der Waals surface area contributed by atoms with Crippen molar-refractivity contribution in [2.75, 3.05) is 122 Å². The predicted octanol–water partition coefficient (Wildman–Crippen LogP) is 11.1. The van der Waals surface area contributed by atoms with Crippen molar-refractivity contribution in [3.63, 3.8) is 0 Å². The smallest absolute Gasteiger partial charge is 0.323 e. The van der Waals surface area contributed by atoms with Crippen molar-refractivity contribution < 1.29 is 82.7 Å². The highest BCUT2D eigenvalue weighted by Crippen LogP contribution is 2.38. The zero-order chi connectivity index (χ0) is 89.9. The standard InChI is InChI=1S/C24H26N6O7S.C22H23N7O2.C20H20N6O6S.C16H9ClF2N6O/c1-34-19-5-4-14(38(32,33)30-6-8-37-9-7-30)10-15(19)24(31)28-18-13-25-29-22(18)23-26-16-11-20(35-2)21(36-3)12-17(16)27-23;30-22(24-16-4-2-1-3-5-16)27-19-13-23-28-20(19)21-25-17-7-6-15(12-18(17)26-21)14-29-8-10-31-11-9-29;1-30-15-5-4-10(33(21,28)29)6-11(15)20(27)25-14-9-22-26-18(14)19-23-12-7-16(31-2)17(32-3)8-13(12)24-19;17-12-4-9-10(5-20-12)23-15(22-9)14-11(6-21-25-14)24-16(26)13-7(18)2-1-3-8(13)19/h4-5,10-13H,6-9H2,1-3H3,(H,25,29)(H,26,27)(H,28,31);1-7,12-13H,8-11,14H2,(H,23,28)(H,25,26)(H2,24,27,30);4-9H,1-3H3,(H,22,26)(H,23,24)(H,25,27)(H2,21,28,29);1-6H,(H,21,25)(H,22,23)(H,24,26). The van der Waals surface area contributed by atoms with Gasteiger partial charge in [-0.3, -0.25) is 39.7 Å². The number of halogens is 3. The number of amides is 5. The molecular formula is C82H78ClF2N25O16S2. The van der Waals surface area contributed by atoms with Crippen LogP contribution in [0.5, 0.6) is 34.5 Å². The Bertz CT molecular complexity index is 6920. The second-order valence-electron chi connectivity index (χ2n) is 27.9. The van der Waals surface area contributed by atoms with Crippen molar-refractivity contribution in [2.45, 2.75) is 16.3 Å². The predicted molar refractivity (Wildman–Crippen MR) is 466 cm³/mol. The van der Waals surface area contributed by atoms with E-state index in [1.165, 1.54) is 107 Å². The fourth-order valence-corrected chi connectivity index (χ4v) is 15.7. The number of sulfonamides is 2. The van der Waals surface area contributed by atoms with Crippen LogP contribution in [0.25, 0.3) is 90.2 Å². The van der Waals surface area contributed by atoms with Gasteiger partial charge in [-0.05, 0) is 78.4 Å². The summed E-state index contributed by atoms with van der Waals surface area (Å²) in [5, 5.41) is 46.2. The van der Waals surface area contributed by atoms with Gasteiger partial charge in [0.15, 0.2) is 46.3 Å². The Morgan fingerprint density at radius 3 is 1.35 bits per heavy atom. The minimum absolute atomic E-state index is 0.0158. The van der Waals surface area contributed by atoms with E-state index in [1.54, 1.807) is 43.6 Å². The quantitative estimate of drug-likeness (QED) is 0.0265. The third-order valence-corrected chi connectivity index (χ3v) is 22.9. The topological polar surface area (TPSA) is 545 Å². The number of morpholine rings is 2. The van der Waals surface area contributed by atoms with Gasteiger partial charge in [-0.25, -0.2) is 60.5 Å². The third-order valence-electron chi connectivity index (χ3n) is 19.9. The van der Waals surface area contributed by atoms with Crippen LogP contribution in [0.2, 0.25) is 5.15 Å². The summed E-state index contributed by atoms with van der Waals surface area (Å²) in [5.74, 6) is 0.212. The minimum atomic E-state index is -4.01. The molecule has 7 aromatic carbocycles. The Balaban J connectivity index is 0.000000132. The van der Waals surface area contributed by atoms with Gasteiger partial charge >= 0.3 is 6.03 Å². The summed E-state index contributed by atoms with van der Waals surface area (Å²) < 4.78 is 121. The van der Waals surface area contributed by atoms with Crippen LogP contribution in [-0.4, -0.2) is 231 Å². The highest BCUT2D eigenvalue weighted by molar-refractivity contribution is 7.89. The molecule has 2 fully saturated rings. The number of carbonyl (C=O) groups is 4. The number of benzene rings is 7. The lowest BCUT2D eigenvalue weighted by atomic mass is 10.2. The van der Waals surface area contributed by atoms with Crippen LogP contribution >= 0.6 is 11.6 Å². The summed E-state index contributed by atoms with van der Waals surface area (Å²) >= 11 is 5.84. The number of nitrogens with one attached hydrogen (secondary N) is 13.